The molecular weight excluding hydrogens is 328 g/mol. The van der Waals surface area contributed by atoms with Crippen molar-refractivity contribution in [3.8, 4) is 23.0 Å². The summed E-state index contributed by atoms with van der Waals surface area (Å²) in [7, 11) is 2.69. The molecule has 0 unspecified atom stereocenters. The number of hydrogen-bond donors (Lipinski definition) is 0. The lowest BCUT2D eigenvalue weighted by atomic mass is 10.2. The van der Waals surface area contributed by atoms with E-state index < -0.39 is 18.0 Å². The largest absolute Gasteiger partial charge is 0.493 e. The Morgan fingerprint density at radius 1 is 1.04 bits per heavy atom. The number of para-hydroxylation sites is 2. The van der Waals surface area contributed by atoms with Gasteiger partial charge in [0.2, 0.25) is 6.10 Å². The number of fused-ring (bicyclic) bond motifs is 1. The molecule has 0 radical (unpaired) electrons. The molecule has 3 rings (SSSR count). The Morgan fingerprint density at radius 2 is 1.80 bits per heavy atom. The zero-order valence-electron chi connectivity index (χ0n) is 13.7. The van der Waals surface area contributed by atoms with Crippen LogP contribution < -0.4 is 18.9 Å². The van der Waals surface area contributed by atoms with E-state index in [4.69, 9.17) is 18.9 Å². The third kappa shape index (κ3) is 3.50. The van der Waals surface area contributed by atoms with Crippen molar-refractivity contribution in [3.05, 3.63) is 48.0 Å². The second kappa shape index (κ2) is 7.12. The number of benzene rings is 2. The normalized spacial score (nSPS) is 15.2. The highest BCUT2D eigenvalue weighted by atomic mass is 16.6. The maximum Gasteiger partial charge on any atom is 0.356 e. The van der Waals surface area contributed by atoms with Gasteiger partial charge in [-0.05, 0) is 30.3 Å². The van der Waals surface area contributed by atoms with Crippen LogP contribution >= 0.6 is 0 Å². The van der Waals surface area contributed by atoms with Gasteiger partial charge in [0.25, 0.3) is 0 Å². The number of esters is 2. The van der Waals surface area contributed by atoms with Gasteiger partial charge in [-0.15, -0.1) is 0 Å². The van der Waals surface area contributed by atoms with Crippen molar-refractivity contribution in [2.75, 3.05) is 20.8 Å². The Kier molecular flexibility index (Phi) is 4.74. The molecule has 0 N–H and O–H groups in total. The summed E-state index contributed by atoms with van der Waals surface area (Å²) in [6.45, 7) is 0.0401. The molecule has 7 nitrogen and oxygen atoms in total. The zero-order chi connectivity index (χ0) is 17.8. The highest BCUT2D eigenvalue weighted by Crippen LogP contribution is 2.32. The molecule has 25 heavy (non-hydrogen) atoms. The van der Waals surface area contributed by atoms with Crippen molar-refractivity contribution in [2.24, 2.45) is 0 Å². The first-order valence-corrected chi connectivity index (χ1v) is 7.49. The molecule has 0 saturated heterocycles. The minimum atomic E-state index is -0.903. The average Bonchev–Trinajstić information content (AvgIpc) is 2.67. The van der Waals surface area contributed by atoms with Gasteiger partial charge in [0.1, 0.15) is 6.61 Å². The molecule has 1 aliphatic heterocycles. The number of carbonyl (C=O) groups excluding carboxylic acids is 2. The van der Waals surface area contributed by atoms with E-state index in [1.807, 2.05) is 6.07 Å². The van der Waals surface area contributed by atoms with Crippen LogP contribution in [0.15, 0.2) is 42.5 Å². The number of carbonyl (C=O) groups is 2. The summed E-state index contributed by atoms with van der Waals surface area (Å²) in [5.41, 5.74) is 0.283. The standard InChI is InChI=1S/C18H16O7/c1-21-15-9-11(17(19)22-2)7-8-14(15)25-18(20)16-10-23-12-5-3-4-6-13(12)24-16/h3-9,16H,10H2,1-2H3/t16-/m0/s1. The molecule has 1 heterocycles. The Labute approximate surface area is 144 Å². The van der Waals surface area contributed by atoms with Gasteiger partial charge in [-0.3, -0.25) is 0 Å². The number of methoxy groups -OCH3 is 2. The molecule has 1 atom stereocenters. The van der Waals surface area contributed by atoms with Gasteiger partial charge in [-0.25, -0.2) is 9.59 Å². The first-order valence-electron chi connectivity index (χ1n) is 7.49. The van der Waals surface area contributed by atoms with Crippen LogP contribution in [0.4, 0.5) is 0 Å². The van der Waals surface area contributed by atoms with Crippen LogP contribution in [0.1, 0.15) is 10.4 Å². The van der Waals surface area contributed by atoms with E-state index in [1.54, 1.807) is 18.2 Å². The van der Waals surface area contributed by atoms with Crippen LogP contribution in [-0.2, 0) is 9.53 Å². The minimum Gasteiger partial charge on any atom is -0.493 e. The molecule has 0 amide bonds. The first-order chi connectivity index (χ1) is 12.1. The first kappa shape index (κ1) is 16.6. The molecule has 7 heteroatoms. The highest BCUT2D eigenvalue weighted by Gasteiger charge is 2.29. The summed E-state index contributed by atoms with van der Waals surface area (Å²) >= 11 is 0. The second-order valence-corrected chi connectivity index (χ2v) is 5.14. The van der Waals surface area contributed by atoms with E-state index in [0.29, 0.717) is 11.5 Å². The SMILES string of the molecule is COC(=O)c1ccc(OC(=O)[C@@H]2COc3ccccc3O2)c(OC)c1. The van der Waals surface area contributed by atoms with E-state index >= 15 is 0 Å². The lowest BCUT2D eigenvalue weighted by Crippen LogP contribution is -2.39. The van der Waals surface area contributed by atoms with E-state index in [9.17, 15) is 9.59 Å². The highest BCUT2D eigenvalue weighted by molar-refractivity contribution is 5.90. The molecule has 0 bridgehead atoms. The van der Waals surface area contributed by atoms with Gasteiger partial charge in [-0.1, -0.05) is 12.1 Å². The van der Waals surface area contributed by atoms with Gasteiger partial charge in [0.05, 0.1) is 19.8 Å². The lowest BCUT2D eigenvalue weighted by molar-refractivity contribution is -0.144. The summed E-state index contributed by atoms with van der Waals surface area (Å²) in [6.07, 6.45) is -0.903. The van der Waals surface area contributed by atoms with Crippen LogP contribution in [0, 0.1) is 0 Å². The Hall–Kier alpha value is -3.22. The maximum atomic E-state index is 12.3. The third-order valence-corrected chi connectivity index (χ3v) is 3.57. The number of ether oxygens (including phenoxy) is 5. The molecule has 2 aromatic rings. The maximum absolute atomic E-state index is 12.3. The van der Waals surface area contributed by atoms with Crippen LogP contribution in [-0.4, -0.2) is 38.9 Å². The van der Waals surface area contributed by atoms with E-state index in [2.05, 4.69) is 4.74 Å². The summed E-state index contributed by atoms with van der Waals surface area (Å²) in [5, 5.41) is 0. The molecule has 0 aromatic heterocycles. The average molecular weight is 344 g/mol. The van der Waals surface area contributed by atoms with Crippen molar-refractivity contribution >= 4 is 11.9 Å². The van der Waals surface area contributed by atoms with Crippen molar-refractivity contribution in [2.45, 2.75) is 6.10 Å². The zero-order valence-corrected chi connectivity index (χ0v) is 13.7. The summed E-state index contributed by atoms with van der Waals surface area (Å²) in [5.74, 6) is 0.307. The van der Waals surface area contributed by atoms with Crippen LogP contribution in [0.25, 0.3) is 0 Å². The quantitative estimate of drug-likeness (QED) is 0.621. The van der Waals surface area contributed by atoms with Gasteiger partial charge in [0, 0.05) is 0 Å². The third-order valence-electron chi connectivity index (χ3n) is 3.57. The monoisotopic (exact) mass is 344 g/mol. The fourth-order valence-electron chi connectivity index (χ4n) is 2.31. The van der Waals surface area contributed by atoms with Gasteiger partial charge in [0.15, 0.2) is 23.0 Å². The Bertz CT molecular complexity index is 800. The fraction of sp³-hybridized carbons (Fsp3) is 0.222. The smallest absolute Gasteiger partial charge is 0.356 e. The fourth-order valence-corrected chi connectivity index (χ4v) is 2.31. The van der Waals surface area contributed by atoms with Crippen LogP contribution in [0.5, 0.6) is 23.0 Å². The lowest BCUT2D eigenvalue weighted by Gasteiger charge is -2.25. The van der Waals surface area contributed by atoms with Gasteiger partial charge >= 0.3 is 11.9 Å². The topological polar surface area (TPSA) is 80.3 Å². The predicted molar refractivity (Wildman–Crippen MR) is 86.3 cm³/mol. The molecule has 0 fully saturated rings. The minimum absolute atomic E-state index is 0.0401. The van der Waals surface area contributed by atoms with Crippen LogP contribution in [0.2, 0.25) is 0 Å². The van der Waals surface area contributed by atoms with E-state index in [0.717, 1.165) is 0 Å². The molecule has 2 aromatic carbocycles. The molecule has 0 saturated carbocycles. The van der Waals surface area contributed by atoms with Gasteiger partial charge in [-0.2, -0.15) is 0 Å². The Balaban J connectivity index is 1.74. The molecular formula is C18H16O7. The van der Waals surface area contributed by atoms with Crippen molar-refractivity contribution in [1.29, 1.82) is 0 Å². The second-order valence-electron chi connectivity index (χ2n) is 5.14. The van der Waals surface area contributed by atoms with E-state index in [1.165, 1.54) is 32.4 Å². The number of rotatable bonds is 4. The van der Waals surface area contributed by atoms with Crippen molar-refractivity contribution in [3.63, 3.8) is 0 Å². The molecule has 130 valence electrons. The van der Waals surface area contributed by atoms with Crippen molar-refractivity contribution < 1.29 is 33.3 Å². The van der Waals surface area contributed by atoms with E-state index in [-0.39, 0.29) is 23.7 Å². The summed E-state index contributed by atoms with van der Waals surface area (Å²) in [6, 6.07) is 11.4. The molecule has 1 aliphatic rings. The molecule has 0 spiro atoms. The van der Waals surface area contributed by atoms with Crippen LogP contribution in [0.3, 0.4) is 0 Å². The number of hydrogen-bond acceptors (Lipinski definition) is 7. The predicted octanol–water partition coefficient (Wildman–Crippen LogP) is 2.23. The molecule has 0 aliphatic carbocycles. The summed E-state index contributed by atoms with van der Waals surface area (Å²) < 4.78 is 26.3. The summed E-state index contributed by atoms with van der Waals surface area (Å²) in [4.78, 5) is 23.9. The van der Waals surface area contributed by atoms with Crippen molar-refractivity contribution in [1.82, 2.24) is 0 Å². The Morgan fingerprint density at radius 3 is 2.52 bits per heavy atom. The van der Waals surface area contributed by atoms with Gasteiger partial charge < -0.3 is 23.7 Å².